The lowest BCUT2D eigenvalue weighted by Crippen LogP contribution is -2.27. The second-order valence-corrected chi connectivity index (χ2v) is 4.57. The van der Waals surface area contributed by atoms with Crippen molar-refractivity contribution in [2.75, 3.05) is 20.8 Å². The zero-order chi connectivity index (χ0) is 12.8. The van der Waals surface area contributed by atoms with E-state index < -0.39 is 0 Å². The summed E-state index contributed by atoms with van der Waals surface area (Å²) in [4.78, 5) is 0. The highest BCUT2D eigenvalue weighted by Crippen LogP contribution is 2.30. The van der Waals surface area contributed by atoms with Gasteiger partial charge in [-0.2, -0.15) is 0 Å². The molecule has 96 valence electrons. The Labute approximate surface area is 104 Å². The van der Waals surface area contributed by atoms with Gasteiger partial charge < -0.3 is 14.8 Å². The molecule has 1 aromatic rings. The second-order valence-electron chi connectivity index (χ2n) is 4.57. The molecule has 0 heterocycles. The van der Waals surface area contributed by atoms with Crippen molar-refractivity contribution in [2.24, 2.45) is 0 Å². The molecule has 0 radical (unpaired) electrons. The van der Waals surface area contributed by atoms with Crippen LogP contribution in [0, 0.1) is 0 Å². The number of benzene rings is 1. The summed E-state index contributed by atoms with van der Waals surface area (Å²) < 4.78 is 10.6. The van der Waals surface area contributed by atoms with E-state index in [4.69, 9.17) is 9.47 Å². The summed E-state index contributed by atoms with van der Waals surface area (Å²) in [6.07, 6.45) is 0. The van der Waals surface area contributed by atoms with Gasteiger partial charge in [-0.3, -0.25) is 0 Å². The highest BCUT2D eigenvalue weighted by atomic mass is 16.5. The molecule has 0 fully saturated rings. The Morgan fingerprint density at radius 3 is 2.35 bits per heavy atom. The van der Waals surface area contributed by atoms with Gasteiger partial charge in [0, 0.05) is 18.7 Å². The summed E-state index contributed by atoms with van der Waals surface area (Å²) in [7, 11) is 3.36. The van der Waals surface area contributed by atoms with E-state index in [2.05, 4.69) is 32.2 Å². The fourth-order valence-electron chi connectivity index (χ4n) is 1.75. The van der Waals surface area contributed by atoms with Crippen LogP contribution in [0.4, 0.5) is 0 Å². The van der Waals surface area contributed by atoms with Crippen molar-refractivity contribution in [1.29, 1.82) is 0 Å². The fourth-order valence-corrected chi connectivity index (χ4v) is 1.75. The van der Waals surface area contributed by atoms with E-state index >= 15 is 0 Å². The van der Waals surface area contributed by atoms with E-state index in [1.54, 1.807) is 14.2 Å². The van der Waals surface area contributed by atoms with E-state index in [0.29, 0.717) is 12.0 Å². The molecule has 0 saturated heterocycles. The fraction of sp³-hybridized carbons (Fsp3) is 0.571. The predicted octanol–water partition coefficient (Wildman–Crippen LogP) is 2.81. The van der Waals surface area contributed by atoms with Crippen molar-refractivity contribution in [1.82, 2.24) is 5.32 Å². The van der Waals surface area contributed by atoms with Crippen LogP contribution in [0.5, 0.6) is 11.5 Å². The average molecular weight is 237 g/mol. The first-order valence-corrected chi connectivity index (χ1v) is 6.03. The zero-order valence-electron chi connectivity index (χ0n) is 11.4. The number of hydrogen-bond donors (Lipinski definition) is 1. The van der Waals surface area contributed by atoms with Gasteiger partial charge in [0.05, 0.1) is 14.2 Å². The third-order valence-electron chi connectivity index (χ3n) is 2.80. The van der Waals surface area contributed by atoms with Crippen molar-refractivity contribution in [2.45, 2.75) is 32.7 Å². The Morgan fingerprint density at radius 2 is 1.82 bits per heavy atom. The van der Waals surface area contributed by atoms with Gasteiger partial charge in [-0.25, -0.2) is 0 Å². The maximum atomic E-state index is 5.41. The lowest BCUT2D eigenvalue weighted by molar-refractivity contribution is 0.387. The Hall–Kier alpha value is -1.22. The molecule has 0 bridgehead atoms. The molecule has 1 aromatic carbocycles. The van der Waals surface area contributed by atoms with E-state index in [1.165, 1.54) is 5.56 Å². The van der Waals surface area contributed by atoms with Gasteiger partial charge in [0.2, 0.25) is 0 Å². The van der Waals surface area contributed by atoms with Crippen LogP contribution in [0.2, 0.25) is 0 Å². The van der Waals surface area contributed by atoms with E-state index in [0.717, 1.165) is 18.0 Å². The molecule has 0 spiro atoms. The summed E-state index contributed by atoms with van der Waals surface area (Å²) in [6, 6.07) is 6.48. The van der Waals surface area contributed by atoms with Gasteiger partial charge in [-0.05, 0) is 17.5 Å². The summed E-state index contributed by atoms with van der Waals surface area (Å²) in [5.74, 6) is 2.13. The van der Waals surface area contributed by atoms with Crippen LogP contribution in [0.25, 0.3) is 0 Å². The minimum Gasteiger partial charge on any atom is -0.497 e. The molecular formula is C14H23NO2. The normalized spacial score (nSPS) is 12.6. The smallest absolute Gasteiger partial charge is 0.126 e. The third-order valence-corrected chi connectivity index (χ3v) is 2.80. The number of rotatable bonds is 6. The maximum Gasteiger partial charge on any atom is 0.126 e. The second kappa shape index (κ2) is 6.50. The van der Waals surface area contributed by atoms with Crippen LogP contribution in [-0.2, 0) is 0 Å². The van der Waals surface area contributed by atoms with E-state index in [1.807, 2.05) is 12.1 Å². The number of hydrogen-bond acceptors (Lipinski definition) is 3. The molecule has 17 heavy (non-hydrogen) atoms. The Kier molecular flexibility index (Phi) is 5.29. The SMILES string of the molecule is COc1ccc(C(C)CNC(C)C)c(OC)c1. The van der Waals surface area contributed by atoms with Gasteiger partial charge >= 0.3 is 0 Å². The van der Waals surface area contributed by atoms with Gasteiger partial charge in [-0.15, -0.1) is 0 Å². The quantitative estimate of drug-likeness (QED) is 0.825. The van der Waals surface area contributed by atoms with Crippen LogP contribution >= 0.6 is 0 Å². The summed E-state index contributed by atoms with van der Waals surface area (Å²) >= 11 is 0. The lowest BCUT2D eigenvalue weighted by Gasteiger charge is -2.18. The summed E-state index contributed by atoms with van der Waals surface area (Å²) in [5.41, 5.74) is 1.21. The molecule has 0 aliphatic carbocycles. The molecule has 3 heteroatoms. The lowest BCUT2D eigenvalue weighted by atomic mass is 9.99. The molecule has 1 N–H and O–H groups in total. The van der Waals surface area contributed by atoms with Crippen molar-refractivity contribution in [3.63, 3.8) is 0 Å². The van der Waals surface area contributed by atoms with E-state index in [-0.39, 0.29) is 0 Å². The van der Waals surface area contributed by atoms with Gasteiger partial charge in [-0.1, -0.05) is 26.8 Å². The van der Waals surface area contributed by atoms with E-state index in [9.17, 15) is 0 Å². The first kappa shape index (κ1) is 13.8. The summed E-state index contributed by atoms with van der Waals surface area (Å²) in [5, 5.41) is 3.44. The molecule has 0 amide bonds. The third kappa shape index (κ3) is 3.93. The highest BCUT2D eigenvalue weighted by Gasteiger charge is 2.12. The monoisotopic (exact) mass is 237 g/mol. The first-order chi connectivity index (χ1) is 8.08. The predicted molar refractivity (Wildman–Crippen MR) is 71.1 cm³/mol. The molecule has 0 aliphatic rings. The largest absolute Gasteiger partial charge is 0.497 e. The minimum absolute atomic E-state index is 0.415. The van der Waals surface area contributed by atoms with Crippen LogP contribution in [-0.4, -0.2) is 26.8 Å². The van der Waals surface area contributed by atoms with Crippen LogP contribution in [0.1, 0.15) is 32.3 Å². The standard InChI is InChI=1S/C14H23NO2/c1-10(2)15-9-11(3)13-7-6-12(16-4)8-14(13)17-5/h6-8,10-11,15H,9H2,1-5H3. The van der Waals surface area contributed by atoms with Crippen molar-refractivity contribution >= 4 is 0 Å². The van der Waals surface area contributed by atoms with Crippen LogP contribution < -0.4 is 14.8 Å². The first-order valence-electron chi connectivity index (χ1n) is 6.03. The minimum atomic E-state index is 0.415. The Balaban J connectivity index is 2.81. The number of nitrogens with one attached hydrogen (secondary N) is 1. The van der Waals surface area contributed by atoms with Gasteiger partial charge in [0.25, 0.3) is 0 Å². The Bertz CT molecular complexity index is 350. The molecule has 1 atom stereocenters. The average Bonchev–Trinajstić information content (AvgIpc) is 2.34. The molecule has 0 aromatic heterocycles. The maximum absolute atomic E-state index is 5.41. The van der Waals surface area contributed by atoms with Gasteiger partial charge in [0.1, 0.15) is 11.5 Å². The topological polar surface area (TPSA) is 30.5 Å². The highest BCUT2D eigenvalue weighted by molar-refractivity contribution is 5.42. The number of ether oxygens (including phenoxy) is 2. The zero-order valence-corrected chi connectivity index (χ0v) is 11.4. The van der Waals surface area contributed by atoms with Gasteiger partial charge in [0.15, 0.2) is 0 Å². The molecule has 3 nitrogen and oxygen atoms in total. The molecule has 1 rings (SSSR count). The van der Waals surface area contributed by atoms with Crippen molar-refractivity contribution in [3.05, 3.63) is 23.8 Å². The Morgan fingerprint density at radius 1 is 1.12 bits per heavy atom. The molecule has 1 unspecified atom stereocenters. The molecular weight excluding hydrogens is 214 g/mol. The number of methoxy groups -OCH3 is 2. The molecule has 0 aliphatic heterocycles. The van der Waals surface area contributed by atoms with Crippen LogP contribution in [0.15, 0.2) is 18.2 Å². The summed E-state index contributed by atoms with van der Waals surface area (Å²) in [6.45, 7) is 7.44. The molecule has 0 saturated carbocycles. The van der Waals surface area contributed by atoms with Crippen molar-refractivity contribution in [3.8, 4) is 11.5 Å². The van der Waals surface area contributed by atoms with Crippen LogP contribution in [0.3, 0.4) is 0 Å². The van der Waals surface area contributed by atoms with Crippen molar-refractivity contribution < 1.29 is 9.47 Å².